The van der Waals surface area contributed by atoms with Crippen LogP contribution in [0.3, 0.4) is 0 Å². The number of hydrogen-bond acceptors (Lipinski definition) is 8. The Kier molecular flexibility index (Phi) is 6.10. The number of benzene rings is 1. The molecular formula is C21H26N4O4S. The predicted molar refractivity (Wildman–Crippen MR) is 112 cm³/mol. The average molecular weight is 431 g/mol. The average Bonchev–Trinajstić information content (AvgIpc) is 3.33. The van der Waals surface area contributed by atoms with Crippen LogP contribution in [0.1, 0.15) is 42.0 Å². The second-order valence-electron chi connectivity index (χ2n) is 7.51. The molecular weight excluding hydrogens is 404 g/mol. The van der Waals surface area contributed by atoms with Gasteiger partial charge in [0.25, 0.3) is 5.91 Å². The van der Waals surface area contributed by atoms with E-state index >= 15 is 0 Å². The van der Waals surface area contributed by atoms with Crippen molar-refractivity contribution < 1.29 is 19.1 Å². The molecule has 0 spiro atoms. The third-order valence-corrected chi connectivity index (χ3v) is 6.99. The van der Waals surface area contributed by atoms with Gasteiger partial charge in [0.15, 0.2) is 11.0 Å². The van der Waals surface area contributed by atoms with Crippen LogP contribution in [0.5, 0.6) is 5.75 Å². The van der Waals surface area contributed by atoms with Crippen molar-refractivity contribution >= 4 is 23.6 Å². The lowest BCUT2D eigenvalue weighted by molar-refractivity contribution is -0.147. The fourth-order valence-corrected chi connectivity index (χ4v) is 5.45. The summed E-state index contributed by atoms with van der Waals surface area (Å²) in [6.45, 7) is 3.39. The molecule has 1 aromatic carbocycles. The van der Waals surface area contributed by atoms with E-state index < -0.39 is 0 Å². The minimum atomic E-state index is -0.354. The molecule has 1 saturated heterocycles. The first-order valence-electron chi connectivity index (χ1n) is 10.2. The van der Waals surface area contributed by atoms with E-state index in [0.29, 0.717) is 43.3 Å². The van der Waals surface area contributed by atoms with Crippen LogP contribution in [0, 0.1) is 5.92 Å². The van der Waals surface area contributed by atoms with Crippen LogP contribution in [-0.4, -0.2) is 64.1 Å². The minimum absolute atomic E-state index is 0.0508. The number of piperidine rings is 1. The number of nitrogens with zero attached hydrogens (tertiary/aromatic N) is 4. The highest BCUT2D eigenvalue weighted by Gasteiger charge is 2.44. The van der Waals surface area contributed by atoms with Crippen molar-refractivity contribution in [1.29, 1.82) is 0 Å². The summed E-state index contributed by atoms with van der Waals surface area (Å²) in [7, 11) is 3.07. The molecule has 2 aromatic rings. The molecule has 0 aliphatic carbocycles. The number of likely N-dealkylation sites (tertiary alicyclic amines) is 1. The molecule has 0 amide bonds. The maximum Gasteiger partial charge on any atom is 0.308 e. The number of ether oxygens (including phenoxy) is 2. The number of carbonyl (C=O) groups excluding carboxylic acids is 2. The molecule has 2 aliphatic heterocycles. The second-order valence-corrected chi connectivity index (χ2v) is 8.62. The maximum atomic E-state index is 13.3. The molecule has 0 radical (unpaired) electrons. The molecule has 1 fully saturated rings. The van der Waals surface area contributed by atoms with Crippen molar-refractivity contribution in [3.05, 3.63) is 35.7 Å². The minimum Gasteiger partial charge on any atom is -0.497 e. The predicted octanol–water partition coefficient (Wildman–Crippen LogP) is 2.59. The van der Waals surface area contributed by atoms with Crippen molar-refractivity contribution in [1.82, 2.24) is 19.7 Å². The van der Waals surface area contributed by atoms with Crippen LogP contribution in [0.4, 0.5) is 0 Å². The van der Waals surface area contributed by atoms with Gasteiger partial charge in [0.1, 0.15) is 11.0 Å². The van der Waals surface area contributed by atoms with E-state index in [9.17, 15) is 9.59 Å². The lowest BCUT2D eigenvalue weighted by atomic mass is 9.92. The number of methoxy groups -OCH3 is 2. The standard InChI is InChI=1S/C21H26N4O4S/c1-4-16-22-21-25(23-16)19(26)18(30-21)17(14-6-5-7-15(12-14)28-2)24-10-8-13(9-11-24)20(27)29-3/h5-7,12-13,17-18H,4,8-11H2,1-3H3. The number of thioether (sulfide) groups is 1. The molecule has 1 aromatic heterocycles. The van der Waals surface area contributed by atoms with E-state index in [0.717, 1.165) is 11.3 Å². The van der Waals surface area contributed by atoms with E-state index in [1.807, 2.05) is 31.2 Å². The Balaban J connectivity index is 1.62. The zero-order chi connectivity index (χ0) is 21.3. The summed E-state index contributed by atoms with van der Waals surface area (Å²) < 4.78 is 11.8. The van der Waals surface area contributed by atoms with Gasteiger partial charge in [-0.2, -0.15) is 4.68 Å². The Bertz CT molecular complexity index is 939. The summed E-state index contributed by atoms with van der Waals surface area (Å²) in [5.41, 5.74) is 1.01. The van der Waals surface area contributed by atoms with Gasteiger partial charge in [-0.15, -0.1) is 5.10 Å². The largest absolute Gasteiger partial charge is 0.497 e. The number of aromatic nitrogens is 3. The number of esters is 1. The van der Waals surface area contributed by atoms with E-state index in [-0.39, 0.29) is 29.1 Å². The number of fused-ring (bicyclic) bond motifs is 1. The summed E-state index contributed by atoms with van der Waals surface area (Å²) in [5, 5.41) is 4.67. The quantitative estimate of drug-likeness (QED) is 0.647. The van der Waals surface area contributed by atoms with Gasteiger partial charge in [-0.05, 0) is 43.6 Å². The third-order valence-electron chi connectivity index (χ3n) is 5.80. The summed E-state index contributed by atoms with van der Waals surface area (Å²) in [5.74, 6) is 1.14. The lowest BCUT2D eigenvalue weighted by Crippen LogP contribution is -2.44. The van der Waals surface area contributed by atoms with Crippen LogP contribution >= 0.6 is 11.8 Å². The smallest absolute Gasteiger partial charge is 0.308 e. The van der Waals surface area contributed by atoms with Crippen LogP contribution in [0.15, 0.2) is 29.4 Å². The highest BCUT2D eigenvalue weighted by Crippen LogP contribution is 2.42. The summed E-state index contributed by atoms with van der Waals surface area (Å²) in [4.78, 5) is 32.0. The van der Waals surface area contributed by atoms with Crippen molar-refractivity contribution in [3.63, 3.8) is 0 Å². The molecule has 0 saturated carbocycles. The molecule has 0 bridgehead atoms. The maximum absolute atomic E-state index is 13.3. The van der Waals surface area contributed by atoms with Gasteiger partial charge in [0.05, 0.1) is 26.2 Å². The molecule has 3 heterocycles. The van der Waals surface area contributed by atoms with Crippen LogP contribution < -0.4 is 4.74 Å². The number of carbonyl (C=O) groups is 2. The zero-order valence-corrected chi connectivity index (χ0v) is 18.2. The van der Waals surface area contributed by atoms with Crippen molar-refractivity contribution in [3.8, 4) is 5.75 Å². The van der Waals surface area contributed by atoms with Gasteiger partial charge >= 0.3 is 5.97 Å². The van der Waals surface area contributed by atoms with Gasteiger partial charge < -0.3 is 9.47 Å². The Hall–Kier alpha value is -2.39. The van der Waals surface area contributed by atoms with Gasteiger partial charge in [-0.1, -0.05) is 30.8 Å². The molecule has 8 nitrogen and oxygen atoms in total. The first-order chi connectivity index (χ1) is 14.5. The van der Waals surface area contributed by atoms with Crippen molar-refractivity contribution in [2.24, 2.45) is 5.92 Å². The van der Waals surface area contributed by atoms with E-state index in [1.165, 1.54) is 23.6 Å². The van der Waals surface area contributed by atoms with Crippen molar-refractivity contribution in [2.45, 2.75) is 42.6 Å². The van der Waals surface area contributed by atoms with Crippen LogP contribution in [0.2, 0.25) is 0 Å². The fourth-order valence-electron chi connectivity index (χ4n) is 4.17. The Labute approximate surface area is 179 Å². The monoisotopic (exact) mass is 430 g/mol. The molecule has 30 heavy (non-hydrogen) atoms. The van der Waals surface area contributed by atoms with Gasteiger partial charge in [0, 0.05) is 6.42 Å². The summed E-state index contributed by atoms with van der Waals surface area (Å²) in [6, 6.07) is 7.69. The highest BCUT2D eigenvalue weighted by atomic mass is 32.2. The van der Waals surface area contributed by atoms with Crippen LogP contribution in [0.25, 0.3) is 0 Å². The summed E-state index contributed by atoms with van der Waals surface area (Å²) in [6.07, 6.45) is 2.11. The first kappa shape index (κ1) is 20.9. The van der Waals surface area contributed by atoms with Crippen molar-refractivity contribution in [2.75, 3.05) is 27.3 Å². The lowest BCUT2D eigenvalue weighted by Gasteiger charge is -2.38. The van der Waals surface area contributed by atoms with Gasteiger partial charge in [-0.25, -0.2) is 4.98 Å². The normalized spacial score (nSPS) is 20.8. The van der Waals surface area contributed by atoms with E-state index in [4.69, 9.17) is 9.47 Å². The molecule has 0 N–H and O–H groups in total. The molecule has 9 heteroatoms. The Morgan fingerprint density at radius 2 is 2.07 bits per heavy atom. The number of aryl methyl sites for hydroxylation is 1. The fraction of sp³-hybridized carbons (Fsp3) is 0.524. The van der Waals surface area contributed by atoms with E-state index in [2.05, 4.69) is 15.0 Å². The molecule has 4 rings (SSSR count). The molecule has 2 atom stereocenters. The Morgan fingerprint density at radius 3 is 2.70 bits per heavy atom. The third kappa shape index (κ3) is 3.83. The van der Waals surface area contributed by atoms with Crippen LogP contribution in [-0.2, 0) is 16.0 Å². The molecule has 2 unspecified atom stereocenters. The number of hydrogen-bond donors (Lipinski definition) is 0. The van der Waals surface area contributed by atoms with Gasteiger partial charge in [-0.3, -0.25) is 14.5 Å². The second kappa shape index (κ2) is 8.77. The SMILES string of the molecule is CCc1nc2n(n1)C(=O)C(C(c1cccc(OC)c1)N1CCC(C(=O)OC)CC1)S2. The van der Waals surface area contributed by atoms with E-state index in [1.54, 1.807) is 7.11 Å². The molecule has 2 aliphatic rings. The van der Waals surface area contributed by atoms with Gasteiger partial charge in [0.2, 0.25) is 0 Å². The number of rotatable bonds is 6. The molecule has 160 valence electrons. The zero-order valence-electron chi connectivity index (χ0n) is 17.4. The highest BCUT2D eigenvalue weighted by molar-refractivity contribution is 8.00. The first-order valence-corrected chi connectivity index (χ1v) is 11.1. The topological polar surface area (TPSA) is 86.6 Å². The Morgan fingerprint density at radius 1 is 1.30 bits per heavy atom. The summed E-state index contributed by atoms with van der Waals surface area (Å²) >= 11 is 1.47.